The molecule has 0 aromatic heterocycles. The molecule has 0 spiro atoms. The maximum atomic E-state index is 12.5. The summed E-state index contributed by atoms with van der Waals surface area (Å²) in [6, 6.07) is 11.6. The molecule has 0 radical (unpaired) electrons. The van der Waals surface area contributed by atoms with Crippen molar-refractivity contribution in [2.24, 2.45) is 5.92 Å². The number of anilines is 1. The molecule has 2 amide bonds. The minimum absolute atomic E-state index is 0.0876. The first-order chi connectivity index (χ1) is 14.3. The van der Waals surface area contributed by atoms with Crippen LogP contribution >= 0.6 is 0 Å². The molecule has 0 fully saturated rings. The topological polar surface area (TPSA) is 85.9 Å². The van der Waals surface area contributed by atoms with Crippen LogP contribution < -0.4 is 20.1 Å². The van der Waals surface area contributed by atoms with E-state index in [0.29, 0.717) is 11.3 Å². The van der Waals surface area contributed by atoms with E-state index in [9.17, 15) is 18.4 Å². The summed E-state index contributed by atoms with van der Waals surface area (Å²) >= 11 is 0. The van der Waals surface area contributed by atoms with Gasteiger partial charge in [-0.15, -0.1) is 0 Å². The smallest absolute Gasteiger partial charge is 0.387 e. The molecule has 0 aliphatic carbocycles. The van der Waals surface area contributed by atoms with Crippen LogP contribution in [-0.4, -0.2) is 31.8 Å². The van der Waals surface area contributed by atoms with Crippen LogP contribution in [0.5, 0.6) is 11.5 Å². The number of carbonyl (C=O) groups excluding carboxylic acids is 2. The highest BCUT2D eigenvalue weighted by Gasteiger charge is 2.26. The van der Waals surface area contributed by atoms with Gasteiger partial charge in [0.05, 0.1) is 7.11 Å². The van der Waals surface area contributed by atoms with Gasteiger partial charge >= 0.3 is 18.6 Å². The van der Waals surface area contributed by atoms with E-state index in [0.717, 1.165) is 0 Å². The lowest BCUT2D eigenvalue weighted by Crippen LogP contribution is -2.47. The average molecular weight is 422 g/mol. The van der Waals surface area contributed by atoms with E-state index in [4.69, 9.17) is 9.47 Å². The van der Waals surface area contributed by atoms with Crippen molar-refractivity contribution in [1.82, 2.24) is 5.32 Å². The van der Waals surface area contributed by atoms with E-state index in [2.05, 4.69) is 15.4 Å². The minimum Gasteiger partial charge on any atom is -0.493 e. The van der Waals surface area contributed by atoms with Crippen molar-refractivity contribution < 1.29 is 32.6 Å². The predicted octanol–water partition coefficient (Wildman–Crippen LogP) is 4.19. The Morgan fingerprint density at radius 3 is 2.33 bits per heavy atom. The molecule has 0 aliphatic rings. The molecule has 2 aromatic carbocycles. The number of methoxy groups -OCH3 is 1. The monoisotopic (exact) mass is 422 g/mol. The standard InChI is InChI=1S/C21H24F2N2O5/c1-13(2)18(25-21(27)24-15-7-5-4-6-8-15)19(26)29-12-14-9-10-16(30-20(22)23)17(11-14)28-3/h4-11,13,18,20H,12H2,1-3H3,(H2,24,25,27)/t18-/m0/s1. The third-order valence-corrected chi connectivity index (χ3v) is 4.06. The number of para-hydroxylation sites is 1. The molecule has 2 N–H and O–H groups in total. The molecule has 9 heteroatoms. The van der Waals surface area contributed by atoms with Gasteiger partial charge in [0.15, 0.2) is 11.5 Å². The maximum absolute atomic E-state index is 12.5. The van der Waals surface area contributed by atoms with Gasteiger partial charge < -0.3 is 24.8 Å². The van der Waals surface area contributed by atoms with Gasteiger partial charge in [-0.1, -0.05) is 38.1 Å². The lowest BCUT2D eigenvalue weighted by molar-refractivity contribution is -0.148. The molecule has 0 bridgehead atoms. The van der Waals surface area contributed by atoms with Crippen LogP contribution in [0.25, 0.3) is 0 Å². The number of amides is 2. The lowest BCUT2D eigenvalue weighted by atomic mass is 10.1. The normalized spacial score (nSPS) is 11.7. The summed E-state index contributed by atoms with van der Waals surface area (Å²) in [6.45, 7) is 0.431. The Hall–Kier alpha value is -3.36. The molecule has 0 heterocycles. The third kappa shape index (κ3) is 6.91. The Bertz CT molecular complexity index is 847. The molecule has 0 unspecified atom stereocenters. The number of hydrogen-bond acceptors (Lipinski definition) is 5. The van der Waals surface area contributed by atoms with Crippen molar-refractivity contribution in [2.75, 3.05) is 12.4 Å². The Balaban J connectivity index is 1.97. The van der Waals surface area contributed by atoms with Crippen molar-refractivity contribution in [3.8, 4) is 11.5 Å². The van der Waals surface area contributed by atoms with Crippen molar-refractivity contribution in [3.63, 3.8) is 0 Å². The molecule has 30 heavy (non-hydrogen) atoms. The van der Waals surface area contributed by atoms with Crippen LogP contribution in [-0.2, 0) is 16.1 Å². The minimum atomic E-state index is -2.98. The van der Waals surface area contributed by atoms with Gasteiger partial charge in [-0.25, -0.2) is 9.59 Å². The number of nitrogens with one attached hydrogen (secondary N) is 2. The first kappa shape index (κ1) is 22.9. The van der Waals surface area contributed by atoms with Crippen molar-refractivity contribution in [1.29, 1.82) is 0 Å². The fraction of sp³-hybridized carbons (Fsp3) is 0.333. The molecule has 0 aliphatic heterocycles. The molecule has 1 atom stereocenters. The summed E-state index contributed by atoms with van der Waals surface area (Å²) in [5.74, 6) is -0.887. The highest BCUT2D eigenvalue weighted by molar-refractivity contribution is 5.92. The Morgan fingerprint density at radius 2 is 1.73 bits per heavy atom. The molecule has 162 valence electrons. The summed E-state index contributed by atoms with van der Waals surface area (Å²) < 4.78 is 39.5. The van der Waals surface area contributed by atoms with Gasteiger partial charge in [-0.05, 0) is 35.7 Å². The van der Waals surface area contributed by atoms with Gasteiger partial charge in [-0.3, -0.25) is 0 Å². The largest absolute Gasteiger partial charge is 0.493 e. The second kappa shape index (κ2) is 11.0. The van der Waals surface area contributed by atoms with E-state index >= 15 is 0 Å². The number of ether oxygens (including phenoxy) is 3. The maximum Gasteiger partial charge on any atom is 0.387 e. The molecule has 7 nitrogen and oxygen atoms in total. The van der Waals surface area contributed by atoms with Crippen molar-refractivity contribution in [3.05, 3.63) is 54.1 Å². The third-order valence-electron chi connectivity index (χ3n) is 4.06. The number of hydrogen-bond donors (Lipinski definition) is 2. The van der Waals surface area contributed by atoms with Gasteiger partial charge in [0.1, 0.15) is 12.6 Å². The average Bonchev–Trinajstić information content (AvgIpc) is 2.71. The molecule has 2 rings (SSSR count). The fourth-order valence-electron chi connectivity index (χ4n) is 2.57. The summed E-state index contributed by atoms with van der Waals surface area (Å²) in [4.78, 5) is 24.7. The number of carbonyl (C=O) groups is 2. The zero-order valence-electron chi connectivity index (χ0n) is 16.9. The first-order valence-electron chi connectivity index (χ1n) is 9.21. The Kier molecular flexibility index (Phi) is 8.40. The van der Waals surface area contributed by atoms with Gasteiger partial charge in [0, 0.05) is 5.69 Å². The quantitative estimate of drug-likeness (QED) is 0.592. The number of alkyl halides is 2. The molecule has 0 saturated heterocycles. The Labute approximate surface area is 173 Å². The zero-order valence-corrected chi connectivity index (χ0v) is 16.9. The predicted molar refractivity (Wildman–Crippen MR) is 107 cm³/mol. The number of halogens is 2. The highest BCUT2D eigenvalue weighted by Crippen LogP contribution is 2.29. The van der Waals surface area contributed by atoms with Gasteiger partial charge in [0.2, 0.25) is 0 Å². The number of urea groups is 1. The number of rotatable bonds is 9. The number of esters is 1. The zero-order chi connectivity index (χ0) is 22.1. The van der Waals surface area contributed by atoms with E-state index in [1.807, 2.05) is 6.07 Å². The highest BCUT2D eigenvalue weighted by atomic mass is 19.3. The first-order valence-corrected chi connectivity index (χ1v) is 9.21. The fourth-order valence-corrected chi connectivity index (χ4v) is 2.57. The van der Waals surface area contributed by atoms with Crippen LogP contribution in [0.4, 0.5) is 19.3 Å². The Morgan fingerprint density at radius 1 is 1.03 bits per heavy atom. The van der Waals surface area contributed by atoms with E-state index < -0.39 is 24.7 Å². The van der Waals surface area contributed by atoms with Gasteiger partial charge in [-0.2, -0.15) is 8.78 Å². The van der Waals surface area contributed by atoms with Gasteiger partial charge in [0.25, 0.3) is 0 Å². The summed E-state index contributed by atoms with van der Waals surface area (Å²) in [5, 5.41) is 5.24. The van der Waals surface area contributed by atoms with Crippen LogP contribution in [0.3, 0.4) is 0 Å². The van der Waals surface area contributed by atoms with Crippen molar-refractivity contribution in [2.45, 2.75) is 33.1 Å². The van der Waals surface area contributed by atoms with Crippen LogP contribution in [0.15, 0.2) is 48.5 Å². The lowest BCUT2D eigenvalue weighted by Gasteiger charge is -2.21. The molecular weight excluding hydrogens is 398 g/mol. The van der Waals surface area contributed by atoms with E-state index in [1.54, 1.807) is 38.1 Å². The van der Waals surface area contributed by atoms with E-state index in [1.165, 1.54) is 25.3 Å². The van der Waals surface area contributed by atoms with Crippen LogP contribution in [0, 0.1) is 5.92 Å². The second-order valence-corrected chi connectivity index (χ2v) is 6.66. The second-order valence-electron chi connectivity index (χ2n) is 6.66. The summed E-state index contributed by atoms with van der Waals surface area (Å²) in [5.41, 5.74) is 1.10. The molecular formula is C21H24F2N2O5. The molecule has 2 aromatic rings. The number of benzene rings is 2. The summed E-state index contributed by atoms with van der Waals surface area (Å²) in [7, 11) is 1.31. The molecule has 0 saturated carbocycles. The van der Waals surface area contributed by atoms with Crippen LogP contribution in [0.2, 0.25) is 0 Å². The van der Waals surface area contributed by atoms with Crippen LogP contribution in [0.1, 0.15) is 19.4 Å². The summed E-state index contributed by atoms with van der Waals surface area (Å²) in [6.07, 6.45) is 0. The van der Waals surface area contributed by atoms with E-state index in [-0.39, 0.29) is 24.0 Å². The SMILES string of the molecule is COc1cc(COC(=O)[C@@H](NC(=O)Nc2ccccc2)C(C)C)ccc1OC(F)F. The van der Waals surface area contributed by atoms with Crippen molar-refractivity contribution >= 4 is 17.7 Å².